The van der Waals surface area contributed by atoms with Crippen molar-refractivity contribution in [2.45, 2.75) is 17.7 Å². The van der Waals surface area contributed by atoms with Crippen molar-refractivity contribution in [3.05, 3.63) is 59.0 Å². The third kappa shape index (κ3) is 5.31. The summed E-state index contributed by atoms with van der Waals surface area (Å²) in [6, 6.07) is 10.3. The topological polar surface area (TPSA) is 79.6 Å². The lowest BCUT2D eigenvalue weighted by molar-refractivity contribution is -0.127. The molecule has 1 aliphatic rings. The van der Waals surface area contributed by atoms with Gasteiger partial charge in [0, 0.05) is 30.2 Å². The third-order valence-corrected chi connectivity index (χ3v) is 6.98. The minimum Gasteiger partial charge on any atom is -0.465 e. The van der Waals surface area contributed by atoms with Crippen LogP contribution in [0.25, 0.3) is 6.08 Å². The molecule has 1 amide bonds. The quantitative estimate of drug-likeness (QED) is 0.681. The average Bonchev–Trinajstić information content (AvgIpc) is 3.19. The molecule has 8 heteroatoms. The number of nitrogens with zero attached hydrogens (tertiary/aromatic N) is 1. The zero-order chi connectivity index (χ0) is 19.3. The summed E-state index contributed by atoms with van der Waals surface area (Å²) in [5, 5.41) is 0. The van der Waals surface area contributed by atoms with Crippen molar-refractivity contribution in [1.29, 1.82) is 0 Å². The Kier molecular flexibility index (Phi) is 6.51. The van der Waals surface area contributed by atoms with Gasteiger partial charge in [-0.25, -0.2) is 13.1 Å². The van der Waals surface area contributed by atoms with Gasteiger partial charge in [-0.2, -0.15) is 0 Å². The molecule has 0 spiro atoms. The highest BCUT2D eigenvalue weighted by atomic mass is 79.9. The van der Waals surface area contributed by atoms with Gasteiger partial charge in [0.2, 0.25) is 15.9 Å². The zero-order valence-electron chi connectivity index (χ0n) is 14.7. The summed E-state index contributed by atoms with van der Waals surface area (Å²) < 4.78 is 33.3. The maximum absolute atomic E-state index is 12.4. The molecule has 1 aliphatic heterocycles. The summed E-state index contributed by atoms with van der Waals surface area (Å²) in [6.45, 7) is 1.60. The van der Waals surface area contributed by atoms with Gasteiger partial charge in [-0.15, -0.1) is 0 Å². The Morgan fingerprint density at radius 1 is 1.22 bits per heavy atom. The van der Waals surface area contributed by atoms with E-state index in [-0.39, 0.29) is 16.7 Å². The van der Waals surface area contributed by atoms with E-state index >= 15 is 0 Å². The number of carbonyl (C=O) groups is 1. The van der Waals surface area contributed by atoms with E-state index in [1.165, 1.54) is 6.08 Å². The van der Waals surface area contributed by atoms with E-state index in [1.54, 1.807) is 53.6 Å². The Morgan fingerprint density at radius 2 is 1.96 bits per heavy atom. The molecule has 2 heterocycles. The van der Waals surface area contributed by atoms with E-state index in [0.29, 0.717) is 29.9 Å². The van der Waals surface area contributed by atoms with Crippen molar-refractivity contribution in [3.8, 4) is 0 Å². The number of hydrogen-bond acceptors (Lipinski definition) is 4. The fourth-order valence-corrected chi connectivity index (χ4v) is 5.09. The molecule has 2 aromatic rings. The molecule has 0 bridgehead atoms. The van der Waals surface area contributed by atoms with Gasteiger partial charge in [-0.3, -0.25) is 4.79 Å². The van der Waals surface area contributed by atoms with E-state index in [4.69, 9.17) is 4.42 Å². The first kappa shape index (κ1) is 19.9. The van der Waals surface area contributed by atoms with E-state index < -0.39 is 10.0 Å². The molecule has 0 atom stereocenters. The maximum Gasteiger partial charge on any atom is 0.246 e. The summed E-state index contributed by atoms with van der Waals surface area (Å²) in [4.78, 5) is 14.2. The number of amides is 1. The van der Waals surface area contributed by atoms with Crippen LogP contribution in [0.2, 0.25) is 0 Å². The molecule has 0 aliphatic carbocycles. The molecule has 0 saturated carbocycles. The summed E-state index contributed by atoms with van der Waals surface area (Å²) >= 11 is 3.27. The molecule has 3 rings (SSSR count). The average molecular weight is 453 g/mol. The van der Waals surface area contributed by atoms with Crippen molar-refractivity contribution in [2.24, 2.45) is 5.92 Å². The molecule has 1 aromatic carbocycles. The third-order valence-electron chi connectivity index (χ3n) is 4.55. The Morgan fingerprint density at radius 3 is 2.63 bits per heavy atom. The number of halogens is 1. The molecule has 0 unspecified atom stereocenters. The monoisotopic (exact) mass is 452 g/mol. The van der Waals surface area contributed by atoms with Gasteiger partial charge < -0.3 is 9.32 Å². The molecular formula is C19H21BrN2O4S. The number of rotatable bonds is 6. The van der Waals surface area contributed by atoms with E-state index in [2.05, 4.69) is 20.7 Å². The van der Waals surface area contributed by atoms with Crippen LogP contribution in [0, 0.1) is 5.92 Å². The first-order chi connectivity index (χ1) is 13.0. The van der Waals surface area contributed by atoms with Crippen LogP contribution in [-0.2, 0) is 14.8 Å². The van der Waals surface area contributed by atoms with E-state index in [1.807, 2.05) is 0 Å². The molecular weight excluding hydrogens is 432 g/mol. The standard InChI is InChI=1S/C19H21BrN2O4S/c20-17-5-1-2-6-18(17)27(24,25)21-14-15-9-11-22(12-10-15)19(23)8-7-16-4-3-13-26-16/h1-8,13,15,21H,9-12,14H2/b8-7+. The highest BCUT2D eigenvalue weighted by Gasteiger charge is 2.24. The van der Waals surface area contributed by atoms with Gasteiger partial charge >= 0.3 is 0 Å². The molecule has 1 aromatic heterocycles. The second-order valence-corrected chi connectivity index (χ2v) is 8.99. The molecule has 0 radical (unpaired) electrons. The van der Waals surface area contributed by atoms with Crippen molar-refractivity contribution in [2.75, 3.05) is 19.6 Å². The van der Waals surface area contributed by atoms with Gasteiger partial charge in [-0.05, 0) is 65.0 Å². The number of carbonyl (C=O) groups excluding carboxylic acids is 1. The molecule has 144 valence electrons. The van der Waals surface area contributed by atoms with E-state index in [9.17, 15) is 13.2 Å². The largest absolute Gasteiger partial charge is 0.465 e. The van der Waals surface area contributed by atoms with Crippen LogP contribution in [0.4, 0.5) is 0 Å². The smallest absolute Gasteiger partial charge is 0.246 e. The predicted molar refractivity (Wildman–Crippen MR) is 106 cm³/mol. The second-order valence-electron chi connectivity index (χ2n) is 6.40. The number of benzene rings is 1. The summed E-state index contributed by atoms with van der Waals surface area (Å²) in [7, 11) is -3.55. The van der Waals surface area contributed by atoms with Crippen molar-refractivity contribution >= 4 is 37.9 Å². The van der Waals surface area contributed by atoms with Gasteiger partial charge in [0.05, 0.1) is 11.2 Å². The van der Waals surface area contributed by atoms with Gasteiger partial charge in [0.15, 0.2) is 0 Å². The lowest BCUT2D eigenvalue weighted by Gasteiger charge is -2.31. The molecule has 1 fully saturated rings. The fourth-order valence-electron chi connectivity index (χ4n) is 2.97. The first-order valence-electron chi connectivity index (χ1n) is 8.70. The first-order valence-corrected chi connectivity index (χ1v) is 11.0. The number of furan rings is 1. The molecule has 27 heavy (non-hydrogen) atoms. The van der Waals surface area contributed by atoms with Crippen LogP contribution in [-0.4, -0.2) is 38.9 Å². The van der Waals surface area contributed by atoms with E-state index in [0.717, 1.165) is 12.8 Å². The van der Waals surface area contributed by atoms with Crippen LogP contribution < -0.4 is 4.72 Å². The molecule has 6 nitrogen and oxygen atoms in total. The lowest BCUT2D eigenvalue weighted by Crippen LogP contribution is -2.41. The van der Waals surface area contributed by atoms with Gasteiger partial charge in [-0.1, -0.05) is 12.1 Å². The summed E-state index contributed by atoms with van der Waals surface area (Å²) in [5.41, 5.74) is 0. The number of piperidine rings is 1. The summed E-state index contributed by atoms with van der Waals surface area (Å²) in [5.74, 6) is 0.790. The Bertz CT molecular complexity index is 902. The van der Waals surface area contributed by atoms with Crippen molar-refractivity contribution in [1.82, 2.24) is 9.62 Å². The number of nitrogens with one attached hydrogen (secondary N) is 1. The summed E-state index contributed by atoms with van der Waals surface area (Å²) in [6.07, 6.45) is 6.25. The SMILES string of the molecule is O=C(/C=C/c1ccco1)N1CCC(CNS(=O)(=O)c2ccccc2Br)CC1. The fraction of sp³-hybridized carbons (Fsp3) is 0.316. The normalized spacial score (nSPS) is 16.1. The Balaban J connectivity index is 1.48. The number of sulfonamides is 1. The van der Waals surface area contributed by atoms with Crippen LogP contribution in [0.15, 0.2) is 62.5 Å². The van der Waals surface area contributed by atoms with Crippen molar-refractivity contribution in [3.63, 3.8) is 0 Å². The Hall–Kier alpha value is -1.90. The van der Waals surface area contributed by atoms with Crippen LogP contribution >= 0.6 is 15.9 Å². The highest BCUT2D eigenvalue weighted by Crippen LogP contribution is 2.22. The number of hydrogen-bond donors (Lipinski definition) is 1. The van der Waals surface area contributed by atoms with Crippen LogP contribution in [0.1, 0.15) is 18.6 Å². The minimum atomic E-state index is -3.55. The van der Waals surface area contributed by atoms with Crippen molar-refractivity contribution < 1.29 is 17.6 Å². The van der Waals surface area contributed by atoms with Crippen LogP contribution in [0.3, 0.4) is 0 Å². The maximum atomic E-state index is 12.4. The van der Waals surface area contributed by atoms with Gasteiger partial charge in [0.1, 0.15) is 5.76 Å². The van der Waals surface area contributed by atoms with Crippen LogP contribution in [0.5, 0.6) is 0 Å². The molecule has 1 N–H and O–H groups in total. The zero-order valence-corrected chi connectivity index (χ0v) is 17.1. The molecule has 1 saturated heterocycles. The van der Waals surface area contributed by atoms with Gasteiger partial charge in [0.25, 0.3) is 0 Å². The lowest BCUT2D eigenvalue weighted by atomic mass is 9.97. The Labute approximate surface area is 167 Å². The predicted octanol–water partition coefficient (Wildman–Crippen LogP) is 3.27. The second kappa shape index (κ2) is 8.86. The number of likely N-dealkylation sites (tertiary alicyclic amines) is 1. The minimum absolute atomic E-state index is 0.0568. The highest BCUT2D eigenvalue weighted by molar-refractivity contribution is 9.10.